The van der Waals surface area contributed by atoms with E-state index in [1.807, 2.05) is 0 Å². The van der Waals surface area contributed by atoms with Crippen molar-refractivity contribution < 1.29 is 23.0 Å². The summed E-state index contributed by atoms with van der Waals surface area (Å²) in [4.78, 5) is 22.4. The average Bonchev–Trinajstić information content (AvgIpc) is 2.52. The van der Waals surface area contributed by atoms with E-state index in [1.54, 1.807) is 14.1 Å². The van der Waals surface area contributed by atoms with Crippen LogP contribution in [0.4, 0.5) is 30.2 Å². The zero-order valence-electron chi connectivity index (χ0n) is 13.1. The van der Waals surface area contributed by atoms with Crippen molar-refractivity contribution in [3.05, 3.63) is 62.2 Å². The maximum Gasteiger partial charge on any atom is 0.416 e. The number of nitro groups is 2. The number of hydrogen-bond donors (Lipinski definition) is 0. The highest BCUT2D eigenvalue weighted by atomic mass is 19.4. The zero-order valence-corrected chi connectivity index (χ0v) is 13.1. The van der Waals surface area contributed by atoms with Crippen LogP contribution in [0.15, 0.2) is 36.4 Å². The molecule has 7 nitrogen and oxygen atoms in total. The molecule has 0 saturated carbocycles. The lowest BCUT2D eigenvalue weighted by Gasteiger charge is -2.15. The van der Waals surface area contributed by atoms with Gasteiger partial charge in [0.25, 0.3) is 5.69 Å². The second-order valence-electron chi connectivity index (χ2n) is 5.31. The Labute approximate surface area is 139 Å². The molecule has 10 heteroatoms. The lowest BCUT2D eigenvalue weighted by atomic mass is 9.98. The average molecular weight is 355 g/mol. The lowest BCUT2D eigenvalue weighted by molar-refractivity contribution is -0.386. The van der Waals surface area contributed by atoms with Crippen LogP contribution in [-0.2, 0) is 6.18 Å². The topological polar surface area (TPSA) is 89.5 Å². The van der Waals surface area contributed by atoms with Gasteiger partial charge in [0.15, 0.2) is 0 Å². The number of hydrogen-bond acceptors (Lipinski definition) is 5. The van der Waals surface area contributed by atoms with Gasteiger partial charge in [0.05, 0.1) is 26.5 Å². The summed E-state index contributed by atoms with van der Waals surface area (Å²) in [5.74, 6) is 0. The van der Waals surface area contributed by atoms with Crippen molar-refractivity contribution in [3.8, 4) is 11.1 Å². The van der Waals surface area contributed by atoms with Gasteiger partial charge in [0.2, 0.25) is 0 Å². The van der Waals surface area contributed by atoms with Crippen LogP contribution in [0.5, 0.6) is 0 Å². The number of halogens is 3. The van der Waals surface area contributed by atoms with E-state index >= 15 is 0 Å². The normalized spacial score (nSPS) is 11.2. The standard InChI is InChI=1S/C15H12F3N3O4/c1-19(2)12-5-3-4-11(14(12)21(24)25)10-7-6-9(15(16,17)18)8-13(10)20(22)23/h3-8H,1-2H3. The molecule has 0 radical (unpaired) electrons. The highest BCUT2D eigenvalue weighted by Crippen LogP contribution is 2.43. The minimum Gasteiger partial charge on any atom is -0.372 e. The Morgan fingerprint density at radius 2 is 1.60 bits per heavy atom. The predicted molar refractivity (Wildman–Crippen MR) is 84.5 cm³/mol. The van der Waals surface area contributed by atoms with Crippen LogP contribution in [0.1, 0.15) is 5.56 Å². The molecule has 0 bridgehead atoms. The van der Waals surface area contributed by atoms with Gasteiger partial charge >= 0.3 is 11.9 Å². The van der Waals surface area contributed by atoms with Crippen molar-refractivity contribution in [2.24, 2.45) is 0 Å². The first kappa shape index (κ1) is 18.2. The molecule has 0 aliphatic heterocycles. The molecule has 0 aliphatic rings. The summed E-state index contributed by atoms with van der Waals surface area (Å²) in [7, 11) is 3.10. The highest BCUT2D eigenvalue weighted by molar-refractivity contribution is 5.86. The summed E-state index contributed by atoms with van der Waals surface area (Å²) < 4.78 is 38.4. The van der Waals surface area contributed by atoms with Gasteiger partial charge in [0, 0.05) is 20.2 Å². The number of benzene rings is 2. The van der Waals surface area contributed by atoms with Crippen molar-refractivity contribution in [2.75, 3.05) is 19.0 Å². The third-order valence-corrected chi connectivity index (χ3v) is 3.49. The van der Waals surface area contributed by atoms with Crippen LogP contribution in [0, 0.1) is 20.2 Å². The molecule has 0 aliphatic carbocycles. The molecule has 2 rings (SSSR count). The molecule has 0 saturated heterocycles. The van der Waals surface area contributed by atoms with Crippen molar-refractivity contribution >= 4 is 17.1 Å². The second kappa shape index (κ2) is 6.38. The summed E-state index contributed by atoms with van der Waals surface area (Å²) in [6.45, 7) is 0. The Bertz CT molecular complexity index is 850. The molecule has 0 spiro atoms. The van der Waals surface area contributed by atoms with Gasteiger partial charge in [-0.25, -0.2) is 0 Å². The molecule has 2 aromatic carbocycles. The highest BCUT2D eigenvalue weighted by Gasteiger charge is 2.34. The SMILES string of the molecule is CN(C)c1cccc(-c2ccc(C(F)(F)F)cc2[N+](=O)[O-])c1[N+](=O)[O-]. The number of para-hydroxylation sites is 1. The summed E-state index contributed by atoms with van der Waals surface area (Å²) in [6.07, 6.45) is -4.76. The Morgan fingerprint density at radius 1 is 0.960 bits per heavy atom. The van der Waals surface area contributed by atoms with Gasteiger partial charge in [-0.2, -0.15) is 13.2 Å². The second-order valence-corrected chi connectivity index (χ2v) is 5.31. The fourth-order valence-electron chi connectivity index (χ4n) is 2.39. The molecule has 0 amide bonds. The number of rotatable bonds is 4. The number of alkyl halides is 3. The van der Waals surface area contributed by atoms with E-state index in [-0.39, 0.29) is 16.8 Å². The van der Waals surface area contributed by atoms with Gasteiger partial charge < -0.3 is 4.90 Å². The van der Waals surface area contributed by atoms with Crippen LogP contribution in [0.25, 0.3) is 11.1 Å². The summed E-state index contributed by atoms with van der Waals surface area (Å²) in [5.41, 5.74) is -2.68. The van der Waals surface area contributed by atoms with E-state index in [4.69, 9.17) is 0 Å². The largest absolute Gasteiger partial charge is 0.416 e. The van der Waals surface area contributed by atoms with E-state index < -0.39 is 33.0 Å². The molecular weight excluding hydrogens is 343 g/mol. The molecular formula is C15H12F3N3O4. The van der Waals surface area contributed by atoms with Gasteiger partial charge in [-0.15, -0.1) is 0 Å². The fraction of sp³-hybridized carbons (Fsp3) is 0.200. The molecule has 0 heterocycles. The Morgan fingerprint density at radius 3 is 2.08 bits per heavy atom. The lowest BCUT2D eigenvalue weighted by Crippen LogP contribution is -2.12. The molecule has 132 valence electrons. The fourth-order valence-corrected chi connectivity index (χ4v) is 2.39. The van der Waals surface area contributed by atoms with Gasteiger partial charge in [-0.05, 0) is 24.3 Å². The molecule has 2 aromatic rings. The van der Waals surface area contributed by atoms with E-state index in [0.29, 0.717) is 12.1 Å². The van der Waals surface area contributed by atoms with Gasteiger partial charge in [-0.3, -0.25) is 20.2 Å². The maximum atomic E-state index is 12.8. The van der Waals surface area contributed by atoms with Crippen molar-refractivity contribution in [3.63, 3.8) is 0 Å². The van der Waals surface area contributed by atoms with E-state index in [2.05, 4.69) is 0 Å². The van der Waals surface area contributed by atoms with Crippen molar-refractivity contribution in [1.29, 1.82) is 0 Å². The van der Waals surface area contributed by atoms with Crippen LogP contribution in [0.2, 0.25) is 0 Å². The van der Waals surface area contributed by atoms with E-state index in [0.717, 1.165) is 6.07 Å². The molecule has 0 N–H and O–H groups in total. The first-order chi connectivity index (χ1) is 11.5. The van der Waals surface area contributed by atoms with E-state index in [1.165, 1.54) is 23.1 Å². The van der Waals surface area contributed by atoms with Gasteiger partial charge in [0.1, 0.15) is 5.69 Å². The monoisotopic (exact) mass is 355 g/mol. The van der Waals surface area contributed by atoms with Crippen LogP contribution >= 0.6 is 0 Å². The molecule has 0 unspecified atom stereocenters. The Kier molecular flexibility index (Phi) is 4.64. The Balaban J connectivity index is 2.81. The smallest absolute Gasteiger partial charge is 0.372 e. The minimum atomic E-state index is -4.76. The zero-order chi connectivity index (χ0) is 18.9. The van der Waals surface area contributed by atoms with Crippen LogP contribution in [0.3, 0.4) is 0 Å². The van der Waals surface area contributed by atoms with Crippen LogP contribution < -0.4 is 4.90 Å². The summed E-state index contributed by atoms with van der Waals surface area (Å²) >= 11 is 0. The Hall–Kier alpha value is -3.17. The third-order valence-electron chi connectivity index (χ3n) is 3.49. The number of nitro benzene ring substituents is 2. The maximum absolute atomic E-state index is 12.8. The summed E-state index contributed by atoms with van der Waals surface area (Å²) in [6, 6.07) is 6.07. The van der Waals surface area contributed by atoms with E-state index in [9.17, 15) is 33.4 Å². The molecule has 25 heavy (non-hydrogen) atoms. The van der Waals surface area contributed by atoms with Crippen molar-refractivity contribution in [1.82, 2.24) is 0 Å². The third kappa shape index (κ3) is 3.52. The van der Waals surface area contributed by atoms with Gasteiger partial charge in [-0.1, -0.05) is 6.07 Å². The molecule has 0 fully saturated rings. The first-order valence-corrected chi connectivity index (χ1v) is 6.84. The quantitative estimate of drug-likeness (QED) is 0.604. The first-order valence-electron chi connectivity index (χ1n) is 6.84. The molecule has 0 aromatic heterocycles. The predicted octanol–water partition coefficient (Wildman–Crippen LogP) is 4.25. The number of nitrogens with zero attached hydrogens (tertiary/aromatic N) is 3. The van der Waals surface area contributed by atoms with Crippen LogP contribution in [-0.4, -0.2) is 23.9 Å². The minimum absolute atomic E-state index is 0.128. The van der Waals surface area contributed by atoms with Crippen molar-refractivity contribution in [2.45, 2.75) is 6.18 Å². The number of anilines is 1. The summed E-state index contributed by atoms with van der Waals surface area (Å²) in [5, 5.41) is 22.7. The molecule has 0 atom stereocenters.